The summed E-state index contributed by atoms with van der Waals surface area (Å²) in [5, 5.41) is 0.713. The zero-order valence-corrected chi connectivity index (χ0v) is 13.4. The third-order valence-electron chi connectivity index (χ3n) is 4.70. The van der Waals surface area contributed by atoms with E-state index in [2.05, 4.69) is 25.8 Å². The van der Waals surface area contributed by atoms with Crippen LogP contribution in [-0.4, -0.2) is 33.6 Å². The van der Waals surface area contributed by atoms with E-state index in [-0.39, 0.29) is 5.56 Å². The molecule has 0 spiro atoms. The van der Waals surface area contributed by atoms with Gasteiger partial charge in [0.05, 0.1) is 17.2 Å². The van der Waals surface area contributed by atoms with Gasteiger partial charge in [-0.25, -0.2) is 4.98 Å². The molecule has 0 N–H and O–H groups in total. The van der Waals surface area contributed by atoms with E-state index in [4.69, 9.17) is 0 Å². The lowest BCUT2D eigenvalue weighted by molar-refractivity contribution is 0.176. The van der Waals surface area contributed by atoms with Gasteiger partial charge in [0, 0.05) is 29.6 Å². The highest BCUT2D eigenvalue weighted by Gasteiger charge is 2.32. The van der Waals surface area contributed by atoms with E-state index in [9.17, 15) is 4.79 Å². The average Bonchev–Trinajstić information content (AvgIpc) is 3.32. The molecule has 2 aliphatic rings. The molecule has 21 heavy (non-hydrogen) atoms. The van der Waals surface area contributed by atoms with Crippen molar-refractivity contribution in [3.8, 4) is 0 Å². The fourth-order valence-corrected chi connectivity index (χ4v) is 3.69. The van der Waals surface area contributed by atoms with Gasteiger partial charge in [0.2, 0.25) is 0 Å². The van der Waals surface area contributed by atoms with Gasteiger partial charge in [0.25, 0.3) is 5.56 Å². The SMILES string of the molecule is O=c1c2ccc(Br)cc2ncn1C1CCN(C2CC2)CC1. The topological polar surface area (TPSA) is 38.1 Å². The van der Waals surface area contributed by atoms with Crippen LogP contribution in [0.1, 0.15) is 31.7 Å². The summed E-state index contributed by atoms with van der Waals surface area (Å²) in [6, 6.07) is 6.80. The summed E-state index contributed by atoms with van der Waals surface area (Å²) in [6.07, 6.45) is 6.56. The van der Waals surface area contributed by atoms with Crippen molar-refractivity contribution in [1.82, 2.24) is 14.5 Å². The number of likely N-dealkylation sites (tertiary alicyclic amines) is 1. The lowest BCUT2D eigenvalue weighted by Crippen LogP contribution is -2.38. The van der Waals surface area contributed by atoms with Crippen molar-refractivity contribution >= 4 is 26.8 Å². The number of fused-ring (bicyclic) bond motifs is 1. The number of halogens is 1. The number of hydrogen-bond donors (Lipinski definition) is 0. The first-order valence-electron chi connectivity index (χ1n) is 7.63. The highest BCUT2D eigenvalue weighted by Crippen LogP contribution is 2.32. The number of nitrogens with zero attached hydrogens (tertiary/aromatic N) is 3. The normalized spacial score (nSPS) is 21.0. The van der Waals surface area contributed by atoms with E-state index in [0.717, 1.165) is 42.0 Å². The van der Waals surface area contributed by atoms with Crippen molar-refractivity contribution in [1.29, 1.82) is 0 Å². The van der Waals surface area contributed by atoms with E-state index in [0.29, 0.717) is 11.4 Å². The zero-order chi connectivity index (χ0) is 14.4. The third kappa shape index (κ3) is 2.53. The third-order valence-corrected chi connectivity index (χ3v) is 5.19. The second-order valence-electron chi connectivity index (χ2n) is 6.12. The minimum absolute atomic E-state index is 0.0948. The Bertz CT molecular complexity index is 730. The maximum Gasteiger partial charge on any atom is 0.261 e. The number of benzene rings is 1. The van der Waals surface area contributed by atoms with Crippen LogP contribution in [0.2, 0.25) is 0 Å². The molecule has 0 radical (unpaired) electrons. The molecular weight excluding hydrogens is 330 g/mol. The molecule has 5 heteroatoms. The Labute approximate surface area is 131 Å². The quantitative estimate of drug-likeness (QED) is 0.838. The summed E-state index contributed by atoms with van der Waals surface area (Å²) >= 11 is 3.42. The molecule has 110 valence electrons. The van der Waals surface area contributed by atoms with Gasteiger partial charge in [-0.05, 0) is 43.9 Å². The molecule has 0 bridgehead atoms. The molecule has 2 aromatic rings. The van der Waals surface area contributed by atoms with E-state index in [1.807, 2.05) is 22.8 Å². The molecule has 1 saturated heterocycles. The first-order valence-corrected chi connectivity index (χ1v) is 8.42. The second kappa shape index (κ2) is 5.21. The summed E-state index contributed by atoms with van der Waals surface area (Å²) in [7, 11) is 0. The number of rotatable bonds is 2. The molecule has 0 amide bonds. The number of aromatic nitrogens is 2. The average molecular weight is 348 g/mol. The Balaban J connectivity index is 1.63. The lowest BCUT2D eigenvalue weighted by atomic mass is 10.0. The van der Waals surface area contributed by atoms with Crippen LogP contribution in [0.3, 0.4) is 0 Å². The van der Waals surface area contributed by atoms with Crippen molar-refractivity contribution < 1.29 is 0 Å². The van der Waals surface area contributed by atoms with E-state index >= 15 is 0 Å². The molecule has 1 saturated carbocycles. The maximum absolute atomic E-state index is 12.7. The van der Waals surface area contributed by atoms with Crippen molar-refractivity contribution in [3.63, 3.8) is 0 Å². The first-order chi connectivity index (χ1) is 10.2. The van der Waals surface area contributed by atoms with Gasteiger partial charge in [-0.15, -0.1) is 0 Å². The Morgan fingerprint density at radius 2 is 1.86 bits per heavy atom. The number of hydrogen-bond acceptors (Lipinski definition) is 3. The monoisotopic (exact) mass is 347 g/mol. The molecular formula is C16H18BrN3O. The lowest BCUT2D eigenvalue weighted by Gasteiger charge is -2.32. The zero-order valence-electron chi connectivity index (χ0n) is 11.8. The minimum Gasteiger partial charge on any atom is -0.300 e. The molecule has 1 aliphatic carbocycles. The summed E-state index contributed by atoms with van der Waals surface area (Å²) in [4.78, 5) is 19.7. The highest BCUT2D eigenvalue weighted by atomic mass is 79.9. The van der Waals surface area contributed by atoms with Crippen molar-refractivity contribution in [2.75, 3.05) is 13.1 Å². The highest BCUT2D eigenvalue weighted by molar-refractivity contribution is 9.10. The molecule has 0 unspecified atom stereocenters. The van der Waals surface area contributed by atoms with Gasteiger partial charge < -0.3 is 4.90 Å². The Morgan fingerprint density at radius 1 is 1.10 bits per heavy atom. The predicted molar refractivity (Wildman–Crippen MR) is 86.6 cm³/mol. The van der Waals surface area contributed by atoms with Crippen LogP contribution in [0.5, 0.6) is 0 Å². The fraction of sp³-hybridized carbons (Fsp3) is 0.500. The van der Waals surface area contributed by atoms with Gasteiger partial charge >= 0.3 is 0 Å². The van der Waals surface area contributed by atoms with Gasteiger partial charge in [0.15, 0.2) is 0 Å². The molecule has 4 nitrogen and oxygen atoms in total. The molecule has 1 aromatic heterocycles. The van der Waals surface area contributed by atoms with E-state index in [1.54, 1.807) is 6.33 Å². The largest absolute Gasteiger partial charge is 0.300 e. The summed E-state index contributed by atoms with van der Waals surface area (Å²) in [5.74, 6) is 0. The van der Waals surface area contributed by atoms with E-state index in [1.165, 1.54) is 12.8 Å². The van der Waals surface area contributed by atoms with Gasteiger partial charge in [-0.1, -0.05) is 15.9 Å². The molecule has 2 fully saturated rings. The smallest absolute Gasteiger partial charge is 0.261 e. The van der Waals surface area contributed by atoms with Crippen LogP contribution in [-0.2, 0) is 0 Å². The molecule has 0 atom stereocenters. The fourth-order valence-electron chi connectivity index (χ4n) is 3.34. The maximum atomic E-state index is 12.7. The first kappa shape index (κ1) is 13.5. The predicted octanol–water partition coefficient (Wildman–Crippen LogP) is 2.96. The summed E-state index contributed by atoms with van der Waals surface area (Å²) < 4.78 is 2.80. The van der Waals surface area contributed by atoms with Crippen molar-refractivity contribution in [2.45, 2.75) is 37.8 Å². The molecule has 4 rings (SSSR count). The Kier molecular flexibility index (Phi) is 3.34. The molecule has 1 aliphatic heterocycles. The second-order valence-corrected chi connectivity index (χ2v) is 7.03. The number of piperidine rings is 1. The van der Waals surface area contributed by atoms with Gasteiger partial charge in [-0.3, -0.25) is 9.36 Å². The van der Waals surface area contributed by atoms with Crippen molar-refractivity contribution in [3.05, 3.63) is 39.4 Å². The molecule has 1 aromatic carbocycles. The minimum atomic E-state index is 0.0948. The van der Waals surface area contributed by atoms with Crippen LogP contribution in [0.4, 0.5) is 0 Å². The Hall–Kier alpha value is -1.20. The van der Waals surface area contributed by atoms with Gasteiger partial charge in [-0.2, -0.15) is 0 Å². The van der Waals surface area contributed by atoms with Crippen LogP contribution in [0.15, 0.2) is 33.8 Å². The Morgan fingerprint density at radius 3 is 2.57 bits per heavy atom. The van der Waals surface area contributed by atoms with E-state index < -0.39 is 0 Å². The van der Waals surface area contributed by atoms with Crippen molar-refractivity contribution in [2.24, 2.45) is 0 Å². The summed E-state index contributed by atoms with van der Waals surface area (Å²) in [6.45, 7) is 2.22. The molecule has 2 heterocycles. The summed E-state index contributed by atoms with van der Waals surface area (Å²) in [5.41, 5.74) is 0.860. The van der Waals surface area contributed by atoms with Crippen LogP contribution in [0, 0.1) is 0 Å². The van der Waals surface area contributed by atoms with Crippen LogP contribution >= 0.6 is 15.9 Å². The van der Waals surface area contributed by atoms with Crippen LogP contribution in [0.25, 0.3) is 10.9 Å². The van der Waals surface area contributed by atoms with Crippen LogP contribution < -0.4 is 5.56 Å². The van der Waals surface area contributed by atoms with Gasteiger partial charge in [0.1, 0.15) is 0 Å². The standard InChI is InChI=1S/C16H18BrN3O/c17-11-1-4-14-15(9-11)18-10-20(16(14)21)13-5-7-19(8-6-13)12-2-3-12/h1,4,9-10,12-13H,2-3,5-8H2.